The highest BCUT2D eigenvalue weighted by atomic mass is 32.2. The number of Topliss-reactive ketones (excluding diaryl/α,β-unsaturated/α-hetero) is 1. The van der Waals surface area contributed by atoms with Gasteiger partial charge >= 0.3 is 0 Å². The van der Waals surface area contributed by atoms with E-state index in [9.17, 15) is 4.79 Å². The number of thioether (sulfide) groups is 1. The van der Waals surface area contributed by atoms with Gasteiger partial charge in [-0.2, -0.15) is 11.8 Å². The molecule has 0 radical (unpaired) electrons. The van der Waals surface area contributed by atoms with Crippen molar-refractivity contribution in [2.75, 3.05) is 12.8 Å². The van der Waals surface area contributed by atoms with Gasteiger partial charge in [0.2, 0.25) is 0 Å². The van der Waals surface area contributed by atoms with Crippen LogP contribution in [0.5, 0.6) is 0 Å². The van der Waals surface area contributed by atoms with Gasteiger partial charge in [0.1, 0.15) is 5.78 Å². The predicted octanol–water partition coefficient (Wildman–Crippen LogP) is 3.10. The van der Waals surface area contributed by atoms with Gasteiger partial charge in [-0.05, 0) is 31.9 Å². The van der Waals surface area contributed by atoms with Crippen molar-refractivity contribution in [3.8, 4) is 0 Å². The van der Waals surface area contributed by atoms with Crippen LogP contribution < -0.4 is 0 Å². The molecule has 2 heterocycles. The largest absolute Gasteiger partial charge is 0.300 e. The highest BCUT2D eigenvalue weighted by Gasteiger charge is 2.43. The normalized spacial score (nSPS) is 29.9. The van der Waals surface area contributed by atoms with Crippen LogP contribution >= 0.6 is 11.8 Å². The molecule has 0 aromatic carbocycles. The van der Waals surface area contributed by atoms with Crippen LogP contribution in [0.3, 0.4) is 0 Å². The summed E-state index contributed by atoms with van der Waals surface area (Å²) >= 11 is 2.02. The van der Waals surface area contributed by atoms with Gasteiger partial charge in [0.25, 0.3) is 0 Å². The van der Waals surface area contributed by atoms with Crippen LogP contribution in [-0.4, -0.2) is 40.3 Å². The predicted molar refractivity (Wildman–Crippen MR) is 74.6 cm³/mol. The zero-order valence-electron chi connectivity index (χ0n) is 11.4. The highest BCUT2D eigenvalue weighted by molar-refractivity contribution is 8.00. The summed E-state index contributed by atoms with van der Waals surface area (Å²) in [6.07, 6.45) is 8.82. The lowest BCUT2D eigenvalue weighted by molar-refractivity contribution is -0.123. The number of carbonyl (C=O) groups excluding carboxylic acids is 1. The van der Waals surface area contributed by atoms with Crippen molar-refractivity contribution in [1.82, 2.24) is 4.90 Å². The first-order valence-corrected chi connectivity index (χ1v) is 8.19. The third-order valence-corrected chi connectivity index (χ3v) is 6.46. The minimum atomic E-state index is 0.404. The summed E-state index contributed by atoms with van der Waals surface area (Å²) in [5.41, 5.74) is 0. The maximum atomic E-state index is 11.6. The molecule has 2 bridgehead atoms. The van der Waals surface area contributed by atoms with E-state index in [0.29, 0.717) is 22.6 Å². The Kier molecular flexibility index (Phi) is 4.19. The van der Waals surface area contributed by atoms with E-state index in [2.05, 4.69) is 25.0 Å². The first-order valence-electron chi connectivity index (χ1n) is 6.96. The van der Waals surface area contributed by atoms with E-state index in [1.807, 2.05) is 11.8 Å². The van der Waals surface area contributed by atoms with Gasteiger partial charge < -0.3 is 0 Å². The van der Waals surface area contributed by atoms with Crippen LogP contribution in [0.1, 0.15) is 52.4 Å². The zero-order chi connectivity index (χ0) is 12.5. The molecule has 3 heteroatoms. The van der Waals surface area contributed by atoms with E-state index >= 15 is 0 Å². The molecule has 2 aliphatic rings. The number of nitrogens with zero attached hydrogens (tertiary/aromatic N) is 1. The summed E-state index contributed by atoms with van der Waals surface area (Å²) in [5, 5.41) is 0. The maximum Gasteiger partial charge on any atom is 0.136 e. The van der Waals surface area contributed by atoms with E-state index in [1.54, 1.807) is 0 Å². The van der Waals surface area contributed by atoms with Crippen molar-refractivity contribution in [1.29, 1.82) is 0 Å². The fourth-order valence-electron chi connectivity index (χ4n) is 3.48. The number of hydrogen-bond donors (Lipinski definition) is 0. The van der Waals surface area contributed by atoms with E-state index < -0.39 is 0 Å². The van der Waals surface area contributed by atoms with Crippen molar-refractivity contribution in [2.45, 2.75) is 69.2 Å². The molecule has 0 saturated carbocycles. The third kappa shape index (κ3) is 2.55. The summed E-state index contributed by atoms with van der Waals surface area (Å²) in [7, 11) is 0. The molecular formula is C14H25NOS. The van der Waals surface area contributed by atoms with E-state index in [0.717, 1.165) is 12.8 Å². The van der Waals surface area contributed by atoms with Crippen LogP contribution in [0.4, 0.5) is 0 Å². The number of hydrogen-bond acceptors (Lipinski definition) is 3. The molecule has 2 nitrogen and oxygen atoms in total. The molecule has 98 valence electrons. The van der Waals surface area contributed by atoms with Gasteiger partial charge in [0.05, 0.1) is 0 Å². The van der Waals surface area contributed by atoms with E-state index in [1.165, 1.54) is 32.2 Å². The van der Waals surface area contributed by atoms with Gasteiger partial charge in [-0.25, -0.2) is 0 Å². The van der Waals surface area contributed by atoms with Crippen molar-refractivity contribution >= 4 is 17.5 Å². The average Bonchev–Trinajstić information content (AvgIpc) is 2.58. The molecule has 2 atom stereocenters. The molecule has 0 amide bonds. The van der Waals surface area contributed by atoms with Crippen molar-refractivity contribution in [2.24, 2.45) is 0 Å². The van der Waals surface area contributed by atoms with Crippen LogP contribution in [0, 0.1) is 0 Å². The first kappa shape index (κ1) is 13.4. The topological polar surface area (TPSA) is 20.3 Å². The van der Waals surface area contributed by atoms with Gasteiger partial charge in [0, 0.05) is 36.2 Å². The summed E-state index contributed by atoms with van der Waals surface area (Å²) < 4.78 is 0.404. The molecule has 2 aliphatic heterocycles. The van der Waals surface area contributed by atoms with Gasteiger partial charge in [0.15, 0.2) is 0 Å². The summed E-state index contributed by atoms with van der Waals surface area (Å²) in [4.78, 5) is 14.3. The Balaban J connectivity index is 2.06. The number of ketones is 1. The highest BCUT2D eigenvalue weighted by Crippen LogP contribution is 2.39. The Bertz CT molecular complexity index is 264. The SMILES string of the molecule is CCC(CC)(CN1C2CCC1CC(=O)C2)SC. The van der Waals surface area contributed by atoms with E-state index in [-0.39, 0.29) is 0 Å². The Morgan fingerprint density at radius 1 is 1.24 bits per heavy atom. The van der Waals surface area contributed by atoms with Gasteiger partial charge in [-0.3, -0.25) is 9.69 Å². The van der Waals surface area contributed by atoms with E-state index in [4.69, 9.17) is 0 Å². The molecular weight excluding hydrogens is 230 g/mol. The fourth-order valence-corrected chi connectivity index (χ4v) is 4.34. The smallest absolute Gasteiger partial charge is 0.136 e. The average molecular weight is 255 g/mol. The number of carbonyl (C=O) groups is 1. The van der Waals surface area contributed by atoms with Crippen molar-refractivity contribution in [3.05, 3.63) is 0 Å². The minimum Gasteiger partial charge on any atom is -0.300 e. The molecule has 0 N–H and O–H groups in total. The number of piperidine rings is 1. The molecule has 0 aromatic heterocycles. The monoisotopic (exact) mass is 255 g/mol. The minimum absolute atomic E-state index is 0.404. The zero-order valence-corrected chi connectivity index (χ0v) is 12.2. The van der Waals surface area contributed by atoms with Gasteiger partial charge in [-0.1, -0.05) is 13.8 Å². The lowest BCUT2D eigenvalue weighted by atomic mass is 9.96. The number of fused-ring (bicyclic) bond motifs is 2. The molecule has 2 unspecified atom stereocenters. The lowest BCUT2D eigenvalue weighted by Crippen LogP contribution is -2.49. The third-order valence-electron chi connectivity index (χ3n) is 4.89. The first-order chi connectivity index (χ1) is 8.14. The van der Waals surface area contributed by atoms with Gasteiger partial charge in [-0.15, -0.1) is 0 Å². The Morgan fingerprint density at radius 2 is 1.76 bits per heavy atom. The second-order valence-corrected chi connectivity index (χ2v) is 6.87. The molecule has 0 aliphatic carbocycles. The second-order valence-electron chi connectivity index (χ2n) is 5.60. The lowest BCUT2D eigenvalue weighted by Gasteiger charge is -2.41. The summed E-state index contributed by atoms with van der Waals surface area (Å²) in [5.74, 6) is 0.497. The maximum absolute atomic E-state index is 11.6. The van der Waals surface area contributed by atoms with Crippen LogP contribution in [0.25, 0.3) is 0 Å². The van der Waals surface area contributed by atoms with Crippen LogP contribution in [-0.2, 0) is 4.79 Å². The molecule has 0 spiro atoms. The van der Waals surface area contributed by atoms with Crippen LogP contribution in [0.2, 0.25) is 0 Å². The molecule has 2 rings (SSSR count). The van der Waals surface area contributed by atoms with Crippen molar-refractivity contribution in [3.63, 3.8) is 0 Å². The second kappa shape index (κ2) is 5.31. The van der Waals surface area contributed by atoms with Crippen molar-refractivity contribution < 1.29 is 4.79 Å². The Labute approximate surface area is 110 Å². The Hall–Kier alpha value is -0.0200. The Morgan fingerprint density at radius 3 is 2.18 bits per heavy atom. The molecule has 2 fully saturated rings. The van der Waals surface area contributed by atoms with Crippen LogP contribution in [0.15, 0.2) is 0 Å². The molecule has 2 saturated heterocycles. The summed E-state index contributed by atoms with van der Waals surface area (Å²) in [6.45, 7) is 5.79. The number of rotatable bonds is 5. The quantitative estimate of drug-likeness (QED) is 0.753. The molecule has 17 heavy (non-hydrogen) atoms. The summed E-state index contributed by atoms with van der Waals surface area (Å²) in [6, 6.07) is 1.12. The standard InChI is InChI=1S/C14H25NOS/c1-4-14(5-2,17-3)10-15-11-6-7-12(15)9-13(16)8-11/h11-12H,4-10H2,1-3H3. The fraction of sp³-hybridized carbons (Fsp3) is 0.929. The molecule has 0 aromatic rings.